The molecule has 0 aliphatic carbocycles. The molecule has 10 nitrogen and oxygen atoms in total. The quantitative estimate of drug-likeness (QED) is 0.406. The number of para-hydroxylation sites is 2. The molecule has 2 heterocycles. The zero-order valence-electron chi connectivity index (χ0n) is 19.4. The second kappa shape index (κ2) is 10.3. The van der Waals surface area contributed by atoms with E-state index in [1.54, 1.807) is 47.4 Å². The summed E-state index contributed by atoms with van der Waals surface area (Å²) in [6.07, 6.45) is 1.40. The molecule has 3 aromatic rings. The molecule has 0 radical (unpaired) electrons. The van der Waals surface area contributed by atoms with Crippen LogP contribution >= 0.6 is 23.2 Å². The van der Waals surface area contributed by atoms with Gasteiger partial charge in [0, 0.05) is 29.6 Å². The van der Waals surface area contributed by atoms with Crippen molar-refractivity contribution >= 4 is 60.3 Å². The normalized spacial score (nSPS) is 19.1. The zero-order chi connectivity index (χ0) is 26.3. The molecule has 0 spiro atoms. The lowest BCUT2D eigenvalue weighted by Gasteiger charge is -2.24. The van der Waals surface area contributed by atoms with E-state index in [-0.39, 0.29) is 31.9 Å². The van der Waals surface area contributed by atoms with Crippen LogP contribution in [-0.4, -0.2) is 67.8 Å². The van der Waals surface area contributed by atoms with Crippen molar-refractivity contribution in [3.8, 4) is 0 Å². The maximum atomic E-state index is 13.2. The van der Waals surface area contributed by atoms with E-state index in [2.05, 4.69) is 10.3 Å². The molecule has 1 N–H and O–H groups in total. The lowest BCUT2D eigenvalue weighted by molar-refractivity contribution is -0.125. The summed E-state index contributed by atoms with van der Waals surface area (Å²) in [4.78, 5) is 19.4. The first-order chi connectivity index (χ1) is 16.8. The molecule has 1 aromatic heterocycles. The molecule has 2 atom stereocenters. The lowest BCUT2D eigenvalue weighted by atomic mass is 10.1. The number of fused-ring (bicyclic) bond motifs is 1. The smallest absolute Gasteiger partial charge is 0.264 e. The van der Waals surface area contributed by atoms with Gasteiger partial charge >= 0.3 is 0 Å². The van der Waals surface area contributed by atoms with Gasteiger partial charge in [-0.05, 0) is 29.8 Å². The first-order valence-electron chi connectivity index (χ1n) is 10.8. The van der Waals surface area contributed by atoms with Crippen molar-refractivity contribution < 1.29 is 25.8 Å². The van der Waals surface area contributed by atoms with Gasteiger partial charge in [0.05, 0.1) is 42.2 Å². The minimum atomic E-state index is -3.74. The van der Waals surface area contributed by atoms with Crippen molar-refractivity contribution in [1.29, 1.82) is 0 Å². The van der Waals surface area contributed by atoms with Gasteiger partial charge in [0.2, 0.25) is 15.9 Å². The van der Waals surface area contributed by atoms with Crippen molar-refractivity contribution in [3.05, 3.63) is 63.9 Å². The van der Waals surface area contributed by atoms with E-state index in [0.29, 0.717) is 26.6 Å². The fourth-order valence-electron chi connectivity index (χ4n) is 4.31. The van der Waals surface area contributed by atoms with Gasteiger partial charge < -0.3 is 5.32 Å². The fourth-order valence-corrected chi connectivity index (χ4v) is 6.42. The third-order valence-corrected chi connectivity index (χ3v) is 7.98. The van der Waals surface area contributed by atoms with Crippen LogP contribution in [0.2, 0.25) is 10.0 Å². The Hall–Kier alpha value is -2.22. The number of benzene rings is 2. The number of imidazole rings is 1. The first-order valence-corrected chi connectivity index (χ1v) is 15.2. The minimum Gasteiger partial charge on any atom is -0.347 e. The van der Waals surface area contributed by atoms with Crippen molar-refractivity contribution in [3.63, 3.8) is 0 Å². The minimum absolute atomic E-state index is 0.118. The third kappa shape index (κ3) is 6.18. The van der Waals surface area contributed by atoms with Gasteiger partial charge in [0.25, 0.3) is 10.1 Å². The number of aromatic nitrogens is 2. The molecule has 1 aliphatic rings. The standard InChI is InChI=1S/C22H24Cl2N4O6S2/c1-35(30,31)28-19-6-4-3-5-18(19)26-21(28)11-25-22(29)20-10-16(34-36(2,32)33)13-27(20)12-14-7-8-15(23)9-17(14)24/h3-9,16,20H,10-13H2,1-2H3,(H,25,29). The molecule has 14 heteroatoms. The van der Waals surface area contributed by atoms with Gasteiger partial charge in [-0.1, -0.05) is 41.4 Å². The summed E-state index contributed by atoms with van der Waals surface area (Å²) in [7, 11) is -7.43. The highest BCUT2D eigenvalue weighted by Crippen LogP contribution is 2.28. The molecule has 1 saturated heterocycles. The molecule has 1 amide bonds. The Kier molecular flexibility index (Phi) is 7.65. The molecule has 2 aromatic carbocycles. The SMILES string of the molecule is CS(=O)(=O)OC1CC(C(=O)NCc2nc3ccccc3n2S(C)(=O)=O)N(Cc2ccc(Cl)cc2Cl)C1. The van der Waals surface area contributed by atoms with Crippen molar-refractivity contribution in [2.75, 3.05) is 19.1 Å². The second-order valence-corrected chi connectivity index (χ2v) is 12.9. The summed E-state index contributed by atoms with van der Waals surface area (Å²) in [6.45, 7) is 0.274. The average molecular weight is 575 g/mol. The number of amides is 1. The van der Waals surface area contributed by atoms with E-state index in [4.69, 9.17) is 27.4 Å². The molecule has 0 bridgehead atoms. The third-order valence-electron chi connectivity index (χ3n) is 5.70. The first kappa shape index (κ1) is 26.8. The van der Waals surface area contributed by atoms with Crippen LogP contribution in [0.3, 0.4) is 0 Å². The summed E-state index contributed by atoms with van der Waals surface area (Å²) in [5, 5.41) is 3.63. The summed E-state index contributed by atoms with van der Waals surface area (Å²) in [5.41, 5.74) is 1.59. The predicted molar refractivity (Wildman–Crippen MR) is 137 cm³/mol. The number of rotatable bonds is 8. The van der Waals surface area contributed by atoms with Crippen LogP contribution in [0.5, 0.6) is 0 Å². The Balaban J connectivity index is 1.57. The maximum absolute atomic E-state index is 13.2. The van der Waals surface area contributed by atoms with Crippen molar-refractivity contribution in [2.45, 2.75) is 31.7 Å². The van der Waals surface area contributed by atoms with E-state index < -0.39 is 38.2 Å². The van der Waals surface area contributed by atoms with Crippen LogP contribution in [0.15, 0.2) is 42.5 Å². The van der Waals surface area contributed by atoms with Crippen molar-refractivity contribution in [1.82, 2.24) is 19.2 Å². The number of nitrogens with one attached hydrogen (secondary N) is 1. The van der Waals surface area contributed by atoms with Gasteiger partial charge in [-0.2, -0.15) is 8.42 Å². The largest absolute Gasteiger partial charge is 0.347 e. The van der Waals surface area contributed by atoms with Crippen LogP contribution in [0.1, 0.15) is 17.8 Å². The number of hydrogen-bond acceptors (Lipinski definition) is 8. The summed E-state index contributed by atoms with van der Waals surface area (Å²) >= 11 is 12.3. The van der Waals surface area contributed by atoms with Crippen LogP contribution in [-0.2, 0) is 42.2 Å². The second-order valence-electron chi connectivity index (χ2n) is 8.60. The summed E-state index contributed by atoms with van der Waals surface area (Å²) < 4.78 is 54.5. The Bertz CT molecular complexity index is 1520. The Morgan fingerprint density at radius 3 is 2.53 bits per heavy atom. The molecular formula is C22H24Cl2N4O6S2. The highest BCUT2D eigenvalue weighted by molar-refractivity contribution is 7.89. The van der Waals surface area contributed by atoms with E-state index in [1.807, 2.05) is 0 Å². The highest BCUT2D eigenvalue weighted by atomic mass is 35.5. The van der Waals surface area contributed by atoms with Gasteiger partial charge in [-0.25, -0.2) is 17.4 Å². The average Bonchev–Trinajstić information content (AvgIpc) is 3.33. The molecule has 1 fully saturated rings. The fraction of sp³-hybridized carbons (Fsp3) is 0.364. The number of hydrogen-bond donors (Lipinski definition) is 1. The lowest BCUT2D eigenvalue weighted by Crippen LogP contribution is -2.43. The van der Waals surface area contributed by atoms with Crippen molar-refractivity contribution in [2.24, 2.45) is 0 Å². The molecule has 36 heavy (non-hydrogen) atoms. The zero-order valence-corrected chi connectivity index (χ0v) is 22.5. The molecule has 4 rings (SSSR count). The molecule has 2 unspecified atom stereocenters. The molecule has 0 saturated carbocycles. The monoisotopic (exact) mass is 574 g/mol. The molecular weight excluding hydrogens is 551 g/mol. The van der Waals surface area contributed by atoms with Crippen LogP contribution in [0.4, 0.5) is 0 Å². The van der Waals surface area contributed by atoms with Gasteiger partial charge in [-0.3, -0.25) is 13.9 Å². The van der Waals surface area contributed by atoms with E-state index >= 15 is 0 Å². The van der Waals surface area contributed by atoms with Gasteiger partial charge in [0.15, 0.2) is 0 Å². The number of likely N-dealkylation sites (tertiary alicyclic amines) is 1. The Morgan fingerprint density at radius 1 is 1.14 bits per heavy atom. The van der Waals surface area contributed by atoms with E-state index in [9.17, 15) is 21.6 Å². The number of nitrogens with zero attached hydrogens (tertiary/aromatic N) is 3. The van der Waals surface area contributed by atoms with Gasteiger partial charge in [0.1, 0.15) is 5.82 Å². The molecule has 1 aliphatic heterocycles. The maximum Gasteiger partial charge on any atom is 0.264 e. The van der Waals surface area contributed by atoms with Crippen LogP contribution in [0.25, 0.3) is 11.0 Å². The van der Waals surface area contributed by atoms with E-state index in [1.165, 1.54) is 0 Å². The predicted octanol–water partition coefficient (Wildman–Crippen LogP) is 2.39. The summed E-state index contributed by atoms with van der Waals surface area (Å²) in [5.74, 6) is -0.270. The Labute approximate surface area is 219 Å². The number of carbonyl (C=O) groups excluding carboxylic acids is 1. The highest BCUT2D eigenvalue weighted by Gasteiger charge is 2.39. The van der Waals surface area contributed by atoms with Gasteiger partial charge in [-0.15, -0.1) is 0 Å². The van der Waals surface area contributed by atoms with Crippen LogP contribution in [0, 0.1) is 0 Å². The van der Waals surface area contributed by atoms with E-state index in [0.717, 1.165) is 16.5 Å². The topological polar surface area (TPSA) is 128 Å². The van der Waals surface area contributed by atoms with Crippen LogP contribution < -0.4 is 5.32 Å². The number of halogens is 2. The number of carbonyl (C=O) groups is 1. The molecule has 194 valence electrons. The summed E-state index contributed by atoms with van der Waals surface area (Å²) in [6, 6.07) is 11.0. The Morgan fingerprint density at radius 2 is 1.86 bits per heavy atom.